The Bertz CT molecular complexity index is 957. The molecule has 1 amide bonds. The number of carbonyl (C=O) groups excluding carboxylic acids is 1. The molecule has 1 saturated heterocycles. The number of benzene rings is 1. The number of hydrogen-bond donors (Lipinski definition) is 0. The third-order valence-electron chi connectivity index (χ3n) is 5.01. The molecular formula is C19H19F6N5O. The lowest BCUT2D eigenvalue weighted by Crippen LogP contribution is -2.41. The highest BCUT2D eigenvalue weighted by molar-refractivity contribution is 5.92. The fourth-order valence-electron chi connectivity index (χ4n) is 3.32. The molecule has 3 rings (SSSR count). The fraction of sp³-hybridized carbons (Fsp3) is 0.474. The van der Waals surface area contributed by atoms with E-state index in [4.69, 9.17) is 0 Å². The number of rotatable bonds is 4. The molecule has 0 N–H and O–H groups in total. The molecule has 2 heterocycles. The van der Waals surface area contributed by atoms with Gasteiger partial charge in [0.1, 0.15) is 0 Å². The predicted octanol–water partition coefficient (Wildman–Crippen LogP) is 3.86. The zero-order chi connectivity index (χ0) is 22.8. The number of halogens is 6. The van der Waals surface area contributed by atoms with Crippen LogP contribution < -0.4 is 0 Å². The van der Waals surface area contributed by atoms with Gasteiger partial charge in [-0.1, -0.05) is 6.07 Å². The van der Waals surface area contributed by atoms with Gasteiger partial charge < -0.3 is 4.90 Å². The number of aromatic nitrogens is 4. The third kappa shape index (κ3) is 5.82. The van der Waals surface area contributed by atoms with Gasteiger partial charge in [-0.2, -0.15) is 31.1 Å². The summed E-state index contributed by atoms with van der Waals surface area (Å²) in [6.07, 6.45) is -6.69. The molecule has 1 aromatic carbocycles. The summed E-state index contributed by atoms with van der Waals surface area (Å²) in [6, 6.07) is 3.06. The molecule has 168 valence electrons. The quantitative estimate of drug-likeness (QED) is 0.528. The second-order valence-electron chi connectivity index (χ2n) is 7.25. The first-order chi connectivity index (χ1) is 14.4. The van der Waals surface area contributed by atoms with E-state index >= 15 is 0 Å². The van der Waals surface area contributed by atoms with Crippen LogP contribution in [0.1, 0.15) is 35.4 Å². The van der Waals surface area contributed by atoms with Crippen LogP contribution in [0.4, 0.5) is 26.3 Å². The minimum Gasteiger partial charge on any atom is -0.339 e. The predicted molar refractivity (Wildman–Crippen MR) is 97.5 cm³/mol. The van der Waals surface area contributed by atoms with Crippen LogP contribution in [0, 0.1) is 12.8 Å². The van der Waals surface area contributed by atoms with E-state index in [0.29, 0.717) is 11.4 Å². The van der Waals surface area contributed by atoms with Gasteiger partial charge in [-0.3, -0.25) is 4.79 Å². The average Bonchev–Trinajstić information content (AvgIpc) is 3.10. The Morgan fingerprint density at radius 1 is 1.16 bits per heavy atom. The van der Waals surface area contributed by atoms with E-state index in [1.807, 2.05) is 0 Å². The zero-order valence-electron chi connectivity index (χ0n) is 16.4. The molecule has 1 aliphatic rings. The van der Waals surface area contributed by atoms with E-state index in [-0.39, 0.29) is 38.0 Å². The van der Waals surface area contributed by atoms with Crippen LogP contribution in [-0.2, 0) is 17.5 Å². The molecule has 12 heteroatoms. The van der Waals surface area contributed by atoms with Crippen molar-refractivity contribution in [2.45, 2.75) is 38.7 Å². The lowest BCUT2D eigenvalue weighted by molar-refractivity contribution is -0.186. The normalized spacial score (nSPS) is 16.3. The van der Waals surface area contributed by atoms with Crippen LogP contribution in [0.25, 0.3) is 6.08 Å². The second-order valence-corrected chi connectivity index (χ2v) is 7.25. The fourth-order valence-corrected chi connectivity index (χ4v) is 3.32. The van der Waals surface area contributed by atoms with Gasteiger partial charge in [-0.05, 0) is 54.3 Å². The van der Waals surface area contributed by atoms with Crippen molar-refractivity contribution < 1.29 is 31.1 Å². The summed E-state index contributed by atoms with van der Waals surface area (Å²) >= 11 is 0. The van der Waals surface area contributed by atoms with Gasteiger partial charge in [0.2, 0.25) is 5.91 Å². The van der Waals surface area contributed by atoms with E-state index in [0.717, 1.165) is 23.0 Å². The summed E-state index contributed by atoms with van der Waals surface area (Å²) in [5, 5.41) is 11.4. The molecule has 1 aliphatic heterocycles. The van der Waals surface area contributed by atoms with Crippen molar-refractivity contribution >= 4 is 12.0 Å². The first-order valence-electron chi connectivity index (χ1n) is 9.41. The summed E-state index contributed by atoms with van der Waals surface area (Å²) < 4.78 is 77.6. The summed E-state index contributed by atoms with van der Waals surface area (Å²) in [5.74, 6) is -1.58. The van der Waals surface area contributed by atoms with Gasteiger partial charge in [0.25, 0.3) is 0 Å². The van der Waals surface area contributed by atoms with Gasteiger partial charge in [-0.15, -0.1) is 10.2 Å². The van der Waals surface area contributed by atoms with Gasteiger partial charge >= 0.3 is 12.4 Å². The van der Waals surface area contributed by atoms with Crippen LogP contribution in [0.15, 0.2) is 24.3 Å². The summed E-state index contributed by atoms with van der Waals surface area (Å²) in [7, 11) is 0. The number of tetrazole rings is 1. The number of amides is 1. The molecule has 0 atom stereocenters. The van der Waals surface area contributed by atoms with E-state index < -0.39 is 29.7 Å². The maximum atomic E-state index is 13.1. The minimum absolute atomic E-state index is 0.0324. The number of hydrogen-bond acceptors (Lipinski definition) is 4. The van der Waals surface area contributed by atoms with Gasteiger partial charge in [-0.25, -0.2) is 0 Å². The van der Waals surface area contributed by atoms with Crippen molar-refractivity contribution in [3.63, 3.8) is 0 Å². The Kier molecular flexibility index (Phi) is 6.37. The van der Waals surface area contributed by atoms with Crippen LogP contribution >= 0.6 is 0 Å². The first-order valence-corrected chi connectivity index (χ1v) is 9.41. The number of aryl methyl sites for hydroxylation is 1. The summed E-state index contributed by atoms with van der Waals surface area (Å²) in [5.41, 5.74) is -0.314. The lowest BCUT2D eigenvalue weighted by Gasteiger charge is -2.32. The van der Waals surface area contributed by atoms with E-state index in [1.165, 1.54) is 17.0 Å². The molecule has 6 nitrogen and oxygen atoms in total. The maximum Gasteiger partial charge on any atom is 0.416 e. The number of piperidine rings is 1. The highest BCUT2D eigenvalue weighted by Gasteiger charge is 2.41. The Morgan fingerprint density at radius 3 is 2.39 bits per heavy atom. The van der Waals surface area contributed by atoms with E-state index in [9.17, 15) is 31.1 Å². The Balaban J connectivity index is 1.76. The number of carbonyl (C=O) groups is 1. The first kappa shape index (κ1) is 22.8. The van der Waals surface area contributed by atoms with Crippen LogP contribution in [0.5, 0.6) is 0 Å². The topological polar surface area (TPSA) is 63.9 Å². The molecule has 0 bridgehead atoms. The summed E-state index contributed by atoms with van der Waals surface area (Å²) in [4.78, 5) is 14.8. The third-order valence-corrected chi connectivity index (χ3v) is 5.01. The lowest BCUT2D eigenvalue weighted by atomic mass is 9.96. The van der Waals surface area contributed by atoms with Gasteiger partial charge in [0.05, 0.1) is 18.0 Å². The number of alkyl halides is 6. The molecule has 1 aromatic heterocycles. The largest absolute Gasteiger partial charge is 0.416 e. The van der Waals surface area contributed by atoms with Crippen molar-refractivity contribution in [1.29, 1.82) is 0 Å². The van der Waals surface area contributed by atoms with E-state index in [2.05, 4.69) is 15.4 Å². The Hall–Kier alpha value is -2.92. The van der Waals surface area contributed by atoms with Crippen molar-refractivity contribution in [3.05, 3.63) is 46.8 Å². The molecule has 31 heavy (non-hydrogen) atoms. The Morgan fingerprint density at radius 2 is 1.84 bits per heavy atom. The maximum absolute atomic E-state index is 13.1. The highest BCUT2D eigenvalue weighted by atomic mass is 19.4. The molecule has 0 spiro atoms. The van der Waals surface area contributed by atoms with Crippen molar-refractivity contribution in [2.24, 2.45) is 5.92 Å². The minimum atomic E-state index is -4.55. The zero-order valence-corrected chi connectivity index (χ0v) is 16.4. The smallest absolute Gasteiger partial charge is 0.339 e. The standard InChI is InChI=1S/C19H19F6N5O/c1-12-26-28-30(27-12)11-14-10-16(19(23,24)25)4-2-13(14)3-5-17(31)29-8-6-15(7-9-29)18(20,21)22/h2-5,10,15H,6-9,11H2,1H3/b5-3+. The molecule has 0 aliphatic carbocycles. The molecule has 2 aromatic rings. The van der Waals surface area contributed by atoms with Crippen molar-refractivity contribution in [1.82, 2.24) is 25.1 Å². The molecular weight excluding hydrogens is 428 g/mol. The Labute approximate surface area is 173 Å². The average molecular weight is 447 g/mol. The van der Waals surface area contributed by atoms with Crippen molar-refractivity contribution in [2.75, 3.05) is 13.1 Å². The van der Waals surface area contributed by atoms with Crippen LogP contribution in [-0.4, -0.2) is 50.3 Å². The molecule has 1 fully saturated rings. The van der Waals surface area contributed by atoms with Gasteiger partial charge in [0.15, 0.2) is 5.82 Å². The second kappa shape index (κ2) is 8.67. The molecule has 0 radical (unpaired) electrons. The van der Waals surface area contributed by atoms with Gasteiger partial charge in [0, 0.05) is 19.2 Å². The molecule has 0 unspecified atom stereocenters. The highest BCUT2D eigenvalue weighted by Crippen LogP contribution is 2.34. The SMILES string of the molecule is Cc1nnn(Cc2cc(C(F)(F)F)ccc2/C=C/C(=O)N2CCC(C(F)(F)F)CC2)n1. The van der Waals surface area contributed by atoms with Crippen LogP contribution in [0.3, 0.4) is 0 Å². The number of likely N-dealkylation sites (tertiary alicyclic amines) is 1. The van der Waals surface area contributed by atoms with Crippen LogP contribution in [0.2, 0.25) is 0 Å². The van der Waals surface area contributed by atoms with Crippen molar-refractivity contribution in [3.8, 4) is 0 Å². The number of nitrogens with zero attached hydrogens (tertiary/aromatic N) is 5. The van der Waals surface area contributed by atoms with E-state index in [1.54, 1.807) is 6.92 Å². The monoisotopic (exact) mass is 447 g/mol. The molecule has 0 saturated carbocycles. The summed E-state index contributed by atoms with van der Waals surface area (Å²) in [6.45, 7) is 1.41.